The molecule has 0 aliphatic carbocycles. The second-order valence-corrected chi connectivity index (χ2v) is 4.22. The SMILES string of the molecule is COc1cc(N(CC(=O)O)CC(C)C)ccn1. The van der Waals surface area contributed by atoms with Gasteiger partial charge in [-0.2, -0.15) is 0 Å². The summed E-state index contributed by atoms with van der Waals surface area (Å²) in [5.41, 5.74) is 0.813. The van der Waals surface area contributed by atoms with Gasteiger partial charge in [-0.15, -0.1) is 0 Å². The van der Waals surface area contributed by atoms with Crippen molar-refractivity contribution >= 4 is 11.7 Å². The topological polar surface area (TPSA) is 62.7 Å². The van der Waals surface area contributed by atoms with Crippen LogP contribution in [0.3, 0.4) is 0 Å². The first-order chi connectivity index (χ1) is 8.02. The van der Waals surface area contributed by atoms with E-state index in [1.54, 1.807) is 23.2 Å². The highest BCUT2D eigenvalue weighted by atomic mass is 16.5. The fourth-order valence-electron chi connectivity index (χ4n) is 1.57. The molecule has 0 saturated heterocycles. The second kappa shape index (κ2) is 6.08. The van der Waals surface area contributed by atoms with E-state index in [0.29, 0.717) is 18.3 Å². The number of aromatic nitrogens is 1. The summed E-state index contributed by atoms with van der Waals surface area (Å²) in [5, 5.41) is 8.90. The van der Waals surface area contributed by atoms with E-state index < -0.39 is 5.97 Å². The molecule has 5 heteroatoms. The third-order valence-electron chi connectivity index (χ3n) is 2.20. The summed E-state index contributed by atoms with van der Waals surface area (Å²) >= 11 is 0. The molecule has 1 rings (SSSR count). The number of hydrogen-bond acceptors (Lipinski definition) is 4. The zero-order valence-corrected chi connectivity index (χ0v) is 10.4. The molecule has 5 nitrogen and oxygen atoms in total. The molecule has 17 heavy (non-hydrogen) atoms. The summed E-state index contributed by atoms with van der Waals surface area (Å²) in [7, 11) is 1.54. The highest BCUT2D eigenvalue weighted by molar-refractivity contribution is 5.73. The van der Waals surface area contributed by atoms with E-state index in [-0.39, 0.29) is 6.54 Å². The largest absolute Gasteiger partial charge is 0.481 e. The number of carbonyl (C=O) groups is 1. The number of rotatable bonds is 6. The van der Waals surface area contributed by atoms with Crippen LogP contribution in [0, 0.1) is 5.92 Å². The number of anilines is 1. The van der Waals surface area contributed by atoms with Gasteiger partial charge >= 0.3 is 5.97 Å². The fourth-order valence-corrected chi connectivity index (χ4v) is 1.57. The molecule has 1 N–H and O–H groups in total. The summed E-state index contributed by atoms with van der Waals surface area (Å²) < 4.78 is 5.03. The maximum absolute atomic E-state index is 10.8. The molecule has 0 aromatic carbocycles. The van der Waals surface area contributed by atoms with Crippen molar-refractivity contribution in [2.45, 2.75) is 13.8 Å². The lowest BCUT2D eigenvalue weighted by atomic mass is 10.2. The third-order valence-corrected chi connectivity index (χ3v) is 2.20. The van der Waals surface area contributed by atoms with Crippen molar-refractivity contribution in [2.75, 3.05) is 25.1 Å². The Bertz CT molecular complexity index is 380. The van der Waals surface area contributed by atoms with Gasteiger partial charge in [-0.05, 0) is 12.0 Å². The highest BCUT2D eigenvalue weighted by Crippen LogP contribution is 2.19. The average Bonchev–Trinajstić information content (AvgIpc) is 2.27. The lowest BCUT2D eigenvalue weighted by molar-refractivity contribution is -0.135. The molecule has 0 aliphatic rings. The van der Waals surface area contributed by atoms with Gasteiger partial charge in [-0.3, -0.25) is 4.79 Å². The van der Waals surface area contributed by atoms with Crippen molar-refractivity contribution in [1.82, 2.24) is 4.98 Å². The minimum absolute atomic E-state index is 0.0225. The van der Waals surface area contributed by atoms with E-state index in [4.69, 9.17) is 9.84 Å². The number of aliphatic carboxylic acids is 1. The maximum Gasteiger partial charge on any atom is 0.323 e. The van der Waals surface area contributed by atoms with Gasteiger partial charge in [-0.25, -0.2) is 4.98 Å². The van der Waals surface area contributed by atoms with Gasteiger partial charge in [0.1, 0.15) is 6.54 Å². The summed E-state index contributed by atoms with van der Waals surface area (Å²) in [6.07, 6.45) is 1.61. The lowest BCUT2D eigenvalue weighted by Gasteiger charge is -2.24. The zero-order chi connectivity index (χ0) is 12.8. The highest BCUT2D eigenvalue weighted by Gasteiger charge is 2.13. The number of carboxylic acids is 1. The van der Waals surface area contributed by atoms with E-state index in [2.05, 4.69) is 4.98 Å². The van der Waals surface area contributed by atoms with E-state index in [1.165, 1.54) is 7.11 Å². The van der Waals surface area contributed by atoms with Crippen LogP contribution in [0.25, 0.3) is 0 Å². The molecule has 0 saturated carbocycles. The van der Waals surface area contributed by atoms with E-state index in [0.717, 1.165) is 5.69 Å². The van der Waals surface area contributed by atoms with Crippen LogP contribution in [0.15, 0.2) is 18.3 Å². The van der Waals surface area contributed by atoms with E-state index in [9.17, 15) is 4.79 Å². The molecule has 0 aliphatic heterocycles. The van der Waals surface area contributed by atoms with Gasteiger partial charge in [0.25, 0.3) is 0 Å². The van der Waals surface area contributed by atoms with Crippen LogP contribution in [-0.4, -0.2) is 36.3 Å². The Kier molecular flexibility index (Phi) is 4.75. The Labute approximate surface area is 101 Å². The quantitative estimate of drug-likeness (QED) is 0.816. The Morgan fingerprint density at radius 1 is 1.59 bits per heavy atom. The van der Waals surface area contributed by atoms with Gasteiger partial charge in [0.2, 0.25) is 5.88 Å². The van der Waals surface area contributed by atoms with Crippen molar-refractivity contribution in [2.24, 2.45) is 5.92 Å². The van der Waals surface area contributed by atoms with Gasteiger partial charge < -0.3 is 14.7 Å². The smallest absolute Gasteiger partial charge is 0.323 e. The van der Waals surface area contributed by atoms with Crippen molar-refractivity contribution in [3.8, 4) is 5.88 Å². The monoisotopic (exact) mass is 238 g/mol. The number of ether oxygens (including phenoxy) is 1. The normalized spacial score (nSPS) is 10.4. The Hall–Kier alpha value is -1.78. The van der Waals surface area contributed by atoms with Gasteiger partial charge in [0.05, 0.1) is 7.11 Å². The van der Waals surface area contributed by atoms with Crippen LogP contribution in [0.1, 0.15) is 13.8 Å². The molecule has 1 aromatic heterocycles. The van der Waals surface area contributed by atoms with Crippen LogP contribution < -0.4 is 9.64 Å². The molecule has 1 aromatic rings. The van der Waals surface area contributed by atoms with E-state index in [1.807, 2.05) is 13.8 Å². The number of pyridine rings is 1. The zero-order valence-electron chi connectivity index (χ0n) is 10.4. The Morgan fingerprint density at radius 2 is 2.29 bits per heavy atom. The predicted octanol–water partition coefficient (Wildman–Crippen LogP) is 1.64. The van der Waals surface area contributed by atoms with Crippen LogP contribution >= 0.6 is 0 Å². The summed E-state index contributed by atoms with van der Waals surface area (Å²) in [6, 6.07) is 3.53. The summed E-state index contributed by atoms with van der Waals surface area (Å²) in [6.45, 7) is 4.76. The Morgan fingerprint density at radius 3 is 2.82 bits per heavy atom. The minimum atomic E-state index is -0.846. The lowest BCUT2D eigenvalue weighted by Crippen LogP contribution is -2.32. The van der Waals surface area contributed by atoms with Gasteiger partial charge in [0.15, 0.2) is 0 Å². The molecule has 0 amide bonds. The molecule has 94 valence electrons. The van der Waals surface area contributed by atoms with Crippen molar-refractivity contribution in [3.63, 3.8) is 0 Å². The average molecular weight is 238 g/mol. The molecule has 0 radical (unpaired) electrons. The number of nitrogens with zero attached hydrogens (tertiary/aromatic N) is 2. The van der Waals surface area contributed by atoms with Crippen LogP contribution in [0.2, 0.25) is 0 Å². The molecule has 0 unspecified atom stereocenters. The number of hydrogen-bond donors (Lipinski definition) is 1. The molecule has 0 spiro atoms. The first kappa shape index (κ1) is 13.3. The number of carboxylic acid groups (broad SMARTS) is 1. The van der Waals surface area contributed by atoms with Crippen LogP contribution in [0.4, 0.5) is 5.69 Å². The van der Waals surface area contributed by atoms with E-state index >= 15 is 0 Å². The minimum Gasteiger partial charge on any atom is -0.481 e. The predicted molar refractivity (Wildman–Crippen MR) is 65.5 cm³/mol. The molecule has 0 bridgehead atoms. The second-order valence-electron chi connectivity index (χ2n) is 4.22. The number of methoxy groups -OCH3 is 1. The first-order valence-electron chi connectivity index (χ1n) is 5.49. The Balaban J connectivity index is 2.90. The molecule has 0 atom stereocenters. The standard InChI is InChI=1S/C12H18N2O3/c1-9(2)7-14(8-12(15)16)10-4-5-13-11(6-10)17-3/h4-6,9H,7-8H2,1-3H3,(H,15,16). The third kappa shape index (κ3) is 4.30. The first-order valence-corrected chi connectivity index (χ1v) is 5.49. The molecular formula is C12H18N2O3. The van der Waals surface area contributed by atoms with Crippen molar-refractivity contribution in [3.05, 3.63) is 18.3 Å². The molecule has 0 fully saturated rings. The van der Waals surface area contributed by atoms with Crippen LogP contribution in [0.5, 0.6) is 5.88 Å². The van der Waals surface area contributed by atoms with Crippen molar-refractivity contribution in [1.29, 1.82) is 0 Å². The summed E-state index contributed by atoms with van der Waals surface area (Å²) in [4.78, 5) is 16.6. The van der Waals surface area contributed by atoms with Crippen molar-refractivity contribution < 1.29 is 14.6 Å². The molecular weight excluding hydrogens is 220 g/mol. The van der Waals surface area contributed by atoms with Gasteiger partial charge in [0, 0.05) is 24.5 Å². The van der Waals surface area contributed by atoms with Crippen LogP contribution in [-0.2, 0) is 4.79 Å². The molecule has 1 heterocycles. The maximum atomic E-state index is 10.8. The fraction of sp³-hybridized carbons (Fsp3) is 0.500. The van der Waals surface area contributed by atoms with Gasteiger partial charge in [-0.1, -0.05) is 13.8 Å². The summed E-state index contributed by atoms with van der Waals surface area (Å²) in [5.74, 6) is 0.0246.